The van der Waals surface area contributed by atoms with Crippen LogP contribution in [0.2, 0.25) is 0 Å². The van der Waals surface area contributed by atoms with Gasteiger partial charge in [-0.25, -0.2) is 4.98 Å². The van der Waals surface area contributed by atoms with Crippen molar-refractivity contribution in [2.45, 2.75) is 0 Å². The lowest BCUT2D eigenvalue weighted by molar-refractivity contribution is 0.597. The Morgan fingerprint density at radius 3 is 3.08 bits per heavy atom. The summed E-state index contributed by atoms with van der Waals surface area (Å²) in [6.07, 6.45) is 1.76. The van der Waals surface area contributed by atoms with Crippen LogP contribution >= 0.6 is 0 Å². The van der Waals surface area contributed by atoms with Crippen LogP contribution in [0.4, 0.5) is 0 Å². The van der Waals surface area contributed by atoms with Crippen molar-refractivity contribution in [1.82, 2.24) is 14.6 Å². The molecular weight excluding hydrogens is 164 g/mol. The molecule has 0 amide bonds. The molecule has 0 radical (unpaired) electrons. The third-order valence-electron chi connectivity index (χ3n) is 1.92. The normalized spacial score (nSPS) is 10.2. The molecule has 4 nitrogen and oxygen atoms in total. The van der Waals surface area contributed by atoms with Gasteiger partial charge in [-0.1, -0.05) is 12.1 Å². The standard InChI is InChI=1S/C7H9B2N3O/c13-9-11-8-12-5-10-6-3-1-2-4-7(6)12/h1-5,8-9,11,13H. The molecule has 0 atom stereocenters. The Morgan fingerprint density at radius 2 is 2.23 bits per heavy atom. The molecule has 1 heterocycles. The van der Waals surface area contributed by atoms with Crippen LogP contribution in [-0.2, 0) is 0 Å². The van der Waals surface area contributed by atoms with Gasteiger partial charge in [-0.3, -0.25) is 0 Å². The van der Waals surface area contributed by atoms with Gasteiger partial charge in [0.15, 0.2) is 0 Å². The summed E-state index contributed by atoms with van der Waals surface area (Å²) in [7, 11) is 0.559. The summed E-state index contributed by atoms with van der Waals surface area (Å²) >= 11 is 0. The van der Waals surface area contributed by atoms with E-state index < -0.39 is 0 Å². The molecule has 1 aromatic carbocycles. The molecule has 0 saturated carbocycles. The fourth-order valence-electron chi connectivity index (χ4n) is 1.31. The van der Waals surface area contributed by atoms with Gasteiger partial charge in [0.25, 0.3) is 0 Å². The highest BCUT2D eigenvalue weighted by Gasteiger charge is 2.00. The molecular formula is C7H9B2N3O. The van der Waals surface area contributed by atoms with E-state index in [2.05, 4.69) is 10.1 Å². The monoisotopic (exact) mass is 173 g/mol. The van der Waals surface area contributed by atoms with E-state index in [1.807, 2.05) is 28.7 Å². The molecule has 2 aromatic rings. The molecule has 0 fully saturated rings. The molecule has 13 heavy (non-hydrogen) atoms. The van der Waals surface area contributed by atoms with E-state index >= 15 is 0 Å². The van der Waals surface area contributed by atoms with E-state index in [0.717, 1.165) is 11.0 Å². The molecule has 6 heteroatoms. The summed E-state index contributed by atoms with van der Waals surface area (Å²) in [4.78, 5) is 4.21. The molecule has 0 aliphatic heterocycles. The maximum atomic E-state index is 8.59. The molecule has 2 N–H and O–H groups in total. The van der Waals surface area contributed by atoms with Crippen LogP contribution in [-0.4, -0.2) is 29.7 Å². The van der Waals surface area contributed by atoms with E-state index in [9.17, 15) is 0 Å². The Hall–Kier alpha value is -1.26. The predicted molar refractivity (Wildman–Crippen MR) is 54.8 cm³/mol. The topological polar surface area (TPSA) is 50.1 Å². The van der Waals surface area contributed by atoms with E-state index in [0.29, 0.717) is 7.55 Å². The smallest absolute Gasteiger partial charge is 0.347 e. The third kappa shape index (κ3) is 1.59. The summed E-state index contributed by atoms with van der Waals surface area (Å²) in [5.41, 5.74) is 2.05. The largest absolute Gasteiger partial charge is 0.441 e. The van der Waals surface area contributed by atoms with Crippen molar-refractivity contribution < 1.29 is 5.02 Å². The first-order valence-corrected chi connectivity index (χ1v) is 4.13. The minimum absolute atomic E-state index is 0.0213. The molecule has 0 aliphatic rings. The van der Waals surface area contributed by atoms with Crippen molar-refractivity contribution in [3.8, 4) is 0 Å². The summed E-state index contributed by atoms with van der Waals surface area (Å²) in [5.74, 6) is 0. The van der Waals surface area contributed by atoms with Crippen LogP contribution in [0, 0.1) is 0 Å². The highest BCUT2D eigenvalue weighted by molar-refractivity contribution is 6.46. The number of aromatic nitrogens is 2. The van der Waals surface area contributed by atoms with Crippen molar-refractivity contribution in [2.75, 3.05) is 0 Å². The lowest BCUT2D eigenvalue weighted by Crippen LogP contribution is -2.29. The summed E-state index contributed by atoms with van der Waals surface area (Å²) in [5, 5.41) is 11.4. The van der Waals surface area contributed by atoms with Crippen molar-refractivity contribution in [1.29, 1.82) is 0 Å². The van der Waals surface area contributed by atoms with E-state index in [4.69, 9.17) is 5.02 Å². The van der Waals surface area contributed by atoms with Crippen LogP contribution in [0.1, 0.15) is 0 Å². The number of imidazole rings is 1. The third-order valence-corrected chi connectivity index (χ3v) is 1.92. The van der Waals surface area contributed by atoms with Gasteiger partial charge in [-0.05, 0) is 12.1 Å². The number of hydrogen-bond donors (Lipinski definition) is 2. The van der Waals surface area contributed by atoms with Crippen molar-refractivity contribution in [3.63, 3.8) is 0 Å². The Kier molecular flexibility index (Phi) is 2.33. The van der Waals surface area contributed by atoms with Gasteiger partial charge in [-0.2, -0.15) is 0 Å². The number of nitrogens with one attached hydrogen (secondary N) is 1. The Bertz CT molecular complexity index is 403. The lowest BCUT2D eigenvalue weighted by Gasteiger charge is -2.00. The van der Waals surface area contributed by atoms with Crippen LogP contribution in [0.5, 0.6) is 0 Å². The molecule has 64 valence electrons. The second-order valence-corrected chi connectivity index (χ2v) is 2.77. The zero-order valence-electron chi connectivity index (χ0n) is 7.14. The van der Waals surface area contributed by atoms with Gasteiger partial charge >= 0.3 is 15.2 Å². The van der Waals surface area contributed by atoms with Gasteiger partial charge in [0.1, 0.15) is 0 Å². The Morgan fingerprint density at radius 1 is 1.38 bits per heavy atom. The quantitative estimate of drug-likeness (QED) is 0.585. The zero-order chi connectivity index (χ0) is 9.10. The SMILES string of the molecule is OBNBn1cnc2ccccc21. The Balaban J connectivity index is 2.35. The minimum atomic E-state index is -0.0213. The molecule has 0 unspecified atom stereocenters. The number of fused-ring (bicyclic) bond motifs is 1. The van der Waals surface area contributed by atoms with Crippen LogP contribution in [0.15, 0.2) is 30.6 Å². The van der Waals surface area contributed by atoms with E-state index in [1.165, 1.54) is 0 Å². The average molecular weight is 173 g/mol. The van der Waals surface area contributed by atoms with Crippen LogP contribution in [0.3, 0.4) is 0 Å². The molecule has 0 spiro atoms. The maximum Gasteiger partial charge on any atom is 0.347 e. The van der Waals surface area contributed by atoms with Gasteiger partial charge in [-0.15, -0.1) is 0 Å². The van der Waals surface area contributed by atoms with Crippen molar-refractivity contribution in [2.24, 2.45) is 0 Å². The highest BCUT2D eigenvalue weighted by atomic mass is 16.2. The number of para-hydroxylation sites is 2. The fourth-order valence-corrected chi connectivity index (χ4v) is 1.31. The molecule has 0 bridgehead atoms. The van der Waals surface area contributed by atoms with Gasteiger partial charge in [0, 0.05) is 0 Å². The average Bonchev–Trinajstić information content (AvgIpc) is 2.58. The number of hydrogen-bond acceptors (Lipinski definition) is 3. The maximum absolute atomic E-state index is 8.59. The van der Waals surface area contributed by atoms with E-state index in [1.54, 1.807) is 6.33 Å². The van der Waals surface area contributed by atoms with Crippen molar-refractivity contribution >= 4 is 26.2 Å². The molecule has 0 aliphatic carbocycles. The van der Waals surface area contributed by atoms with Gasteiger partial charge in [0.2, 0.25) is 0 Å². The zero-order valence-corrected chi connectivity index (χ0v) is 7.14. The first-order valence-electron chi connectivity index (χ1n) is 4.13. The number of rotatable bonds is 3. The minimum Gasteiger partial charge on any atom is -0.441 e. The summed E-state index contributed by atoms with van der Waals surface area (Å²) in [6, 6.07) is 7.89. The summed E-state index contributed by atoms with van der Waals surface area (Å²) in [6.45, 7) is 0. The summed E-state index contributed by atoms with van der Waals surface area (Å²) < 4.78 is 1.95. The van der Waals surface area contributed by atoms with Gasteiger partial charge in [0.05, 0.1) is 17.4 Å². The predicted octanol–water partition coefficient (Wildman–Crippen LogP) is -1.00. The number of benzene rings is 1. The number of nitrogens with zero attached hydrogens (tertiary/aromatic N) is 2. The highest BCUT2D eigenvalue weighted by Crippen LogP contribution is 2.09. The molecule has 2 rings (SSSR count). The van der Waals surface area contributed by atoms with Crippen LogP contribution in [0.25, 0.3) is 11.0 Å². The Labute approximate surface area is 77.2 Å². The first-order chi connectivity index (χ1) is 6.42. The second kappa shape index (κ2) is 3.64. The van der Waals surface area contributed by atoms with E-state index in [-0.39, 0.29) is 7.62 Å². The van der Waals surface area contributed by atoms with Crippen LogP contribution < -0.4 is 5.14 Å². The van der Waals surface area contributed by atoms with Gasteiger partial charge < -0.3 is 14.6 Å². The van der Waals surface area contributed by atoms with Crippen molar-refractivity contribution in [3.05, 3.63) is 30.6 Å². The fraction of sp³-hybridized carbons (Fsp3) is 0. The molecule has 1 aromatic heterocycles. The molecule has 0 saturated heterocycles. The first kappa shape index (κ1) is 8.34. The lowest BCUT2D eigenvalue weighted by atomic mass is 10.0. The second-order valence-electron chi connectivity index (χ2n) is 2.77.